The molecule has 0 radical (unpaired) electrons. The fraction of sp³-hybridized carbons (Fsp3) is 0.579. The number of carbonyl (C=O) groups excluding carboxylic acids is 1. The fourth-order valence-corrected chi connectivity index (χ4v) is 5.12. The minimum Gasteiger partial charge on any atom is -0.366 e. The van der Waals surface area contributed by atoms with Gasteiger partial charge in [-0.2, -0.15) is 0 Å². The molecule has 2 aromatic rings. The van der Waals surface area contributed by atoms with Gasteiger partial charge in [-0.05, 0) is 47.4 Å². The summed E-state index contributed by atoms with van der Waals surface area (Å²) < 4.78 is 1.15. The summed E-state index contributed by atoms with van der Waals surface area (Å²) in [4.78, 5) is 24.8. The lowest BCUT2D eigenvalue weighted by molar-refractivity contribution is -0.134. The molecule has 140 valence electrons. The molecule has 2 fully saturated rings. The first-order chi connectivity index (χ1) is 12.6. The summed E-state index contributed by atoms with van der Waals surface area (Å²) >= 11 is 2.35. The van der Waals surface area contributed by atoms with Crippen LogP contribution in [0.25, 0.3) is 11.0 Å². The van der Waals surface area contributed by atoms with Crippen LogP contribution in [0.1, 0.15) is 32.1 Å². The second kappa shape index (κ2) is 7.72. The predicted octanol–water partition coefficient (Wildman–Crippen LogP) is 2.72. The van der Waals surface area contributed by atoms with Gasteiger partial charge in [0.2, 0.25) is 5.91 Å². The number of piperazine rings is 1. The third-order valence-electron chi connectivity index (χ3n) is 5.86. The van der Waals surface area contributed by atoms with Gasteiger partial charge < -0.3 is 20.5 Å². The molecule has 1 saturated carbocycles. The number of anilines is 1. The largest absolute Gasteiger partial charge is 0.366 e. The fourth-order valence-electron chi connectivity index (χ4n) is 4.35. The topological polar surface area (TPSA) is 78.2 Å². The molecule has 26 heavy (non-hydrogen) atoms. The van der Waals surface area contributed by atoms with E-state index in [9.17, 15) is 4.79 Å². The molecular weight excluding hydrogens is 441 g/mol. The number of nitrogens with zero attached hydrogens (tertiary/aromatic N) is 3. The Morgan fingerprint density at radius 2 is 1.96 bits per heavy atom. The maximum absolute atomic E-state index is 12.8. The minimum atomic E-state index is -0.320. The molecule has 0 spiro atoms. The Morgan fingerprint density at radius 3 is 2.69 bits per heavy atom. The van der Waals surface area contributed by atoms with Crippen LogP contribution in [0.5, 0.6) is 0 Å². The first-order valence-electron chi connectivity index (χ1n) is 9.56. The van der Waals surface area contributed by atoms with Crippen LogP contribution in [0.3, 0.4) is 0 Å². The number of hydrogen-bond donors (Lipinski definition) is 2. The summed E-state index contributed by atoms with van der Waals surface area (Å²) in [7, 11) is 0. The van der Waals surface area contributed by atoms with Crippen LogP contribution >= 0.6 is 22.6 Å². The van der Waals surface area contributed by atoms with Gasteiger partial charge in [-0.15, -0.1) is 0 Å². The zero-order valence-electron chi connectivity index (χ0n) is 15.0. The second-order valence-electron chi connectivity index (χ2n) is 7.43. The van der Waals surface area contributed by atoms with E-state index in [1.807, 2.05) is 17.3 Å². The van der Waals surface area contributed by atoms with E-state index < -0.39 is 0 Å². The van der Waals surface area contributed by atoms with Gasteiger partial charge in [0.1, 0.15) is 5.65 Å². The molecule has 3 N–H and O–H groups in total. The van der Waals surface area contributed by atoms with Gasteiger partial charge in [0.15, 0.2) is 0 Å². The number of pyridine rings is 1. The average Bonchev–Trinajstić information content (AvgIpc) is 3.16. The number of H-pyrrole nitrogens is 1. The Balaban J connectivity index is 1.43. The quantitative estimate of drug-likeness (QED) is 0.681. The van der Waals surface area contributed by atoms with Gasteiger partial charge in [0, 0.05) is 44.0 Å². The van der Waals surface area contributed by atoms with Crippen LogP contribution in [0.4, 0.5) is 5.69 Å². The maximum Gasteiger partial charge on any atom is 0.239 e. The highest BCUT2D eigenvalue weighted by atomic mass is 127. The van der Waals surface area contributed by atoms with Crippen LogP contribution in [-0.2, 0) is 4.79 Å². The zero-order chi connectivity index (χ0) is 18.1. The Kier molecular flexibility index (Phi) is 5.35. The van der Waals surface area contributed by atoms with Crippen molar-refractivity contribution in [3.63, 3.8) is 0 Å². The van der Waals surface area contributed by atoms with E-state index in [4.69, 9.17) is 5.73 Å². The molecule has 7 heteroatoms. The van der Waals surface area contributed by atoms with Crippen molar-refractivity contribution in [1.29, 1.82) is 0 Å². The van der Waals surface area contributed by atoms with E-state index in [1.54, 1.807) is 0 Å². The number of halogens is 1. The van der Waals surface area contributed by atoms with E-state index in [1.165, 1.54) is 24.9 Å². The van der Waals surface area contributed by atoms with Crippen molar-refractivity contribution >= 4 is 45.2 Å². The number of aromatic nitrogens is 2. The SMILES string of the molecule is N[C@@H](C(=O)N1CCN(c2c(I)cnc3[nH]ccc23)CC1)C1CCCCC1. The standard InChI is InChI=1S/C19H26IN5O/c20-15-12-23-18-14(6-7-22-18)17(15)24-8-10-25(11-9-24)19(26)16(21)13-4-2-1-3-5-13/h6-7,12-13,16H,1-5,8-11,21H2,(H,22,23)/t16-/m1/s1. The summed E-state index contributed by atoms with van der Waals surface area (Å²) in [6.07, 6.45) is 9.76. The monoisotopic (exact) mass is 467 g/mol. The van der Waals surface area contributed by atoms with Gasteiger partial charge in [-0.25, -0.2) is 4.98 Å². The number of rotatable bonds is 3. The first kappa shape index (κ1) is 18.0. The molecule has 6 nitrogen and oxygen atoms in total. The molecule has 0 aromatic carbocycles. The summed E-state index contributed by atoms with van der Waals surface area (Å²) in [5.74, 6) is 0.516. The van der Waals surface area contributed by atoms with Crippen LogP contribution < -0.4 is 10.6 Å². The summed E-state index contributed by atoms with van der Waals surface area (Å²) in [5, 5.41) is 1.15. The molecule has 1 amide bonds. The van der Waals surface area contributed by atoms with E-state index in [0.717, 1.165) is 53.6 Å². The van der Waals surface area contributed by atoms with Gasteiger partial charge >= 0.3 is 0 Å². The Labute approximate surface area is 167 Å². The number of fused-ring (bicyclic) bond motifs is 1. The van der Waals surface area contributed by atoms with Gasteiger partial charge in [-0.1, -0.05) is 19.3 Å². The van der Waals surface area contributed by atoms with Crippen molar-refractivity contribution in [2.24, 2.45) is 11.7 Å². The second-order valence-corrected chi connectivity index (χ2v) is 8.59. The molecule has 1 atom stereocenters. The summed E-state index contributed by atoms with van der Waals surface area (Å²) in [6.45, 7) is 3.15. The van der Waals surface area contributed by atoms with Crippen molar-refractivity contribution in [1.82, 2.24) is 14.9 Å². The van der Waals surface area contributed by atoms with Crippen molar-refractivity contribution in [3.05, 3.63) is 22.0 Å². The lowest BCUT2D eigenvalue weighted by Crippen LogP contribution is -2.55. The van der Waals surface area contributed by atoms with Crippen LogP contribution in [0.2, 0.25) is 0 Å². The van der Waals surface area contributed by atoms with Crippen molar-refractivity contribution < 1.29 is 4.79 Å². The van der Waals surface area contributed by atoms with E-state index in [0.29, 0.717) is 5.92 Å². The Morgan fingerprint density at radius 1 is 1.23 bits per heavy atom. The van der Waals surface area contributed by atoms with Crippen molar-refractivity contribution in [3.8, 4) is 0 Å². The summed E-state index contributed by atoms with van der Waals surface area (Å²) in [5.41, 5.74) is 8.47. The smallest absolute Gasteiger partial charge is 0.239 e. The minimum absolute atomic E-state index is 0.146. The molecule has 2 aliphatic rings. The number of carbonyl (C=O) groups is 1. The van der Waals surface area contributed by atoms with Gasteiger partial charge in [0.25, 0.3) is 0 Å². The number of nitrogens with two attached hydrogens (primary N) is 1. The van der Waals surface area contributed by atoms with Crippen molar-refractivity contribution in [2.75, 3.05) is 31.1 Å². The molecule has 0 bridgehead atoms. The molecule has 4 rings (SSSR count). The molecule has 1 aliphatic carbocycles. The van der Waals surface area contributed by atoms with Gasteiger partial charge in [-0.3, -0.25) is 4.79 Å². The first-order valence-corrected chi connectivity index (χ1v) is 10.6. The molecule has 2 aromatic heterocycles. The Hall–Kier alpha value is -1.35. The molecule has 1 aliphatic heterocycles. The van der Waals surface area contributed by atoms with Crippen LogP contribution in [-0.4, -0.2) is 53.0 Å². The molecule has 0 unspecified atom stereocenters. The molecule has 3 heterocycles. The van der Waals surface area contributed by atoms with E-state index in [2.05, 4.69) is 43.5 Å². The third kappa shape index (κ3) is 3.43. The number of hydrogen-bond acceptors (Lipinski definition) is 4. The highest BCUT2D eigenvalue weighted by molar-refractivity contribution is 14.1. The van der Waals surface area contributed by atoms with E-state index >= 15 is 0 Å². The van der Waals surface area contributed by atoms with Crippen molar-refractivity contribution in [2.45, 2.75) is 38.1 Å². The average molecular weight is 467 g/mol. The zero-order valence-corrected chi connectivity index (χ0v) is 17.1. The number of amides is 1. The maximum atomic E-state index is 12.8. The lowest BCUT2D eigenvalue weighted by atomic mass is 9.83. The van der Waals surface area contributed by atoms with E-state index in [-0.39, 0.29) is 11.9 Å². The highest BCUT2D eigenvalue weighted by Gasteiger charge is 2.31. The molecular formula is C19H26IN5O. The number of aromatic amines is 1. The predicted molar refractivity (Wildman–Crippen MR) is 112 cm³/mol. The summed E-state index contributed by atoms with van der Waals surface area (Å²) in [6, 6.07) is 1.76. The van der Waals surface area contributed by atoms with Crippen LogP contribution in [0.15, 0.2) is 18.5 Å². The molecule has 1 saturated heterocycles. The Bertz CT molecular complexity index is 777. The third-order valence-corrected chi connectivity index (χ3v) is 6.65. The van der Waals surface area contributed by atoms with Gasteiger partial charge in [0.05, 0.1) is 15.3 Å². The lowest BCUT2D eigenvalue weighted by Gasteiger charge is -2.39. The highest BCUT2D eigenvalue weighted by Crippen LogP contribution is 2.31. The normalized spacial score (nSPS) is 20.5. The van der Waals surface area contributed by atoms with Crippen LogP contribution in [0, 0.1) is 9.49 Å². The number of nitrogens with one attached hydrogen (secondary N) is 1.